The van der Waals surface area contributed by atoms with E-state index in [1.165, 1.54) is 4.68 Å². The second kappa shape index (κ2) is 9.68. The lowest BCUT2D eigenvalue weighted by atomic mass is 9.96. The SMILES string of the molecule is COc1ccc(NC(=O)[C@@H]2CCCN(c3cnn(Cc4ccccc4)c(=O)c3)C2)c(C)c1. The minimum Gasteiger partial charge on any atom is -0.497 e. The Morgan fingerprint density at radius 3 is 2.72 bits per heavy atom. The number of hydrogen-bond donors (Lipinski definition) is 1. The van der Waals surface area contributed by atoms with Crippen molar-refractivity contribution in [3.05, 3.63) is 82.3 Å². The summed E-state index contributed by atoms with van der Waals surface area (Å²) in [5, 5.41) is 7.41. The summed E-state index contributed by atoms with van der Waals surface area (Å²) < 4.78 is 6.69. The monoisotopic (exact) mass is 432 g/mol. The van der Waals surface area contributed by atoms with Gasteiger partial charge in [0, 0.05) is 24.8 Å². The zero-order valence-corrected chi connectivity index (χ0v) is 18.5. The molecule has 3 aromatic rings. The fraction of sp³-hybridized carbons (Fsp3) is 0.320. The second-order valence-corrected chi connectivity index (χ2v) is 8.15. The van der Waals surface area contributed by atoms with Gasteiger partial charge in [0.05, 0.1) is 31.5 Å². The summed E-state index contributed by atoms with van der Waals surface area (Å²) in [6, 6.07) is 17.0. The number of hydrogen-bond acceptors (Lipinski definition) is 5. The predicted molar refractivity (Wildman–Crippen MR) is 125 cm³/mol. The molecule has 0 radical (unpaired) electrons. The average Bonchev–Trinajstić information content (AvgIpc) is 2.82. The number of ether oxygens (including phenoxy) is 1. The van der Waals surface area contributed by atoms with E-state index in [0.717, 1.165) is 47.6 Å². The number of aromatic nitrogens is 2. The molecule has 0 aliphatic carbocycles. The molecule has 1 N–H and O–H groups in total. The van der Waals surface area contributed by atoms with E-state index in [1.54, 1.807) is 19.4 Å². The quantitative estimate of drug-likeness (QED) is 0.646. The zero-order chi connectivity index (χ0) is 22.5. The number of nitrogens with zero attached hydrogens (tertiary/aromatic N) is 3. The van der Waals surface area contributed by atoms with Crippen LogP contribution >= 0.6 is 0 Å². The van der Waals surface area contributed by atoms with E-state index in [9.17, 15) is 9.59 Å². The Morgan fingerprint density at radius 1 is 1.19 bits per heavy atom. The van der Waals surface area contributed by atoms with Crippen molar-refractivity contribution >= 4 is 17.3 Å². The van der Waals surface area contributed by atoms with Crippen molar-refractivity contribution in [2.45, 2.75) is 26.3 Å². The van der Waals surface area contributed by atoms with Gasteiger partial charge in [-0.3, -0.25) is 9.59 Å². The fourth-order valence-corrected chi connectivity index (χ4v) is 4.04. The molecule has 1 saturated heterocycles. The first-order valence-electron chi connectivity index (χ1n) is 10.8. The van der Waals surface area contributed by atoms with E-state index < -0.39 is 0 Å². The molecule has 2 aromatic carbocycles. The van der Waals surface area contributed by atoms with Gasteiger partial charge in [-0.2, -0.15) is 5.10 Å². The van der Waals surface area contributed by atoms with Gasteiger partial charge in [0.15, 0.2) is 0 Å². The third-order valence-corrected chi connectivity index (χ3v) is 5.88. The van der Waals surface area contributed by atoms with Crippen molar-refractivity contribution in [1.82, 2.24) is 9.78 Å². The minimum absolute atomic E-state index is 0.00616. The number of benzene rings is 2. The summed E-state index contributed by atoms with van der Waals surface area (Å²) in [7, 11) is 1.62. The van der Waals surface area contributed by atoms with Crippen molar-refractivity contribution in [1.29, 1.82) is 0 Å². The Morgan fingerprint density at radius 2 is 2.00 bits per heavy atom. The molecule has 166 valence electrons. The maximum absolute atomic E-state index is 12.9. The van der Waals surface area contributed by atoms with Crippen LogP contribution in [0.25, 0.3) is 0 Å². The van der Waals surface area contributed by atoms with Crippen LogP contribution in [-0.4, -0.2) is 35.9 Å². The highest BCUT2D eigenvalue weighted by Gasteiger charge is 2.27. The number of nitrogens with one attached hydrogen (secondary N) is 1. The number of rotatable bonds is 6. The van der Waals surface area contributed by atoms with Crippen molar-refractivity contribution in [3.63, 3.8) is 0 Å². The summed E-state index contributed by atoms with van der Waals surface area (Å²) >= 11 is 0. The average molecular weight is 433 g/mol. The van der Waals surface area contributed by atoms with Gasteiger partial charge in [0.1, 0.15) is 5.75 Å². The van der Waals surface area contributed by atoms with E-state index >= 15 is 0 Å². The number of piperidine rings is 1. The molecular weight excluding hydrogens is 404 g/mol. The van der Waals surface area contributed by atoms with Gasteiger partial charge in [-0.25, -0.2) is 4.68 Å². The molecule has 2 heterocycles. The molecule has 0 bridgehead atoms. The van der Waals surface area contributed by atoms with Crippen LogP contribution in [0, 0.1) is 12.8 Å². The number of anilines is 2. The molecule has 7 nitrogen and oxygen atoms in total. The Balaban J connectivity index is 1.42. The van der Waals surface area contributed by atoms with E-state index in [4.69, 9.17) is 4.74 Å². The molecule has 1 aliphatic heterocycles. The van der Waals surface area contributed by atoms with Crippen molar-refractivity contribution in [3.8, 4) is 5.75 Å². The highest BCUT2D eigenvalue weighted by molar-refractivity contribution is 5.93. The predicted octanol–water partition coefficient (Wildman–Crippen LogP) is 3.46. The molecule has 7 heteroatoms. The smallest absolute Gasteiger partial charge is 0.269 e. The number of aryl methyl sites for hydroxylation is 1. The largest absolute Gasteiger partial charge is 0.497 e. The lowest BCUT2D eigenvalue weighted by Crippen LogP contribution is -2.41. The zero-order valence-electron chi connectivity index (χ0n) is 18.5. The molecule has 1 fully saturated rings. The molecule has 0 unspecified atom stereocenters. The topological polar surface area (TPSA) is 76.5 Å². The van der Waals surface area contributed by atoms with E-state index in [0.29, 0.717) is 13.1 Å². The van der Waals surface area contributed by atoms with Gasteiger partial charge < -0.3 is 15.0 Å². The molecule has 32 heavy (non-hydrogen) atoms. The molecule has 1 atom stereocenters. The lowest BCUT2D eigenvalue weighted by molar-refractivity contribution is -0.120. The summed E-state index contributed by atoms with van der Waals surface area (Å²) in [5.74, 6) is 0.601. The van der Waals surface area contributed by atoms with Gasteiger partial charge in [0.25, 0.3) is 5.56 Å². The Bertz CT molecular complexity index is 1140. The van der Waals surface area contributed by atoms with Crippen LogP contribution in [0.4, 0.5) is 11.4 Å². The standard InChI is InChI=1S/C25H28N4O3/c1-18-13-22(32-2)10-11-23(18)27-25(31)20-9-6-12-28(17-20)21-14-24(30)29(26-15-21)16-19-7-4-3-5-8-19/h3-5,7-8,10-11,13-15,20H,6,9,12,16-17H2,1-2H3,(H,27,31)/t20-/m1/s1. The van der Waals surface area contributed by atoms with Gasteiger partial charge >= 0.3 is 0 Å². The van der Waals surface area contributed by atoms with E-state index in [2.05, 4.69) is 15.3 Å². The third-order valence-electron chi connectivity index (χ3n) is 5.88. The van der Waals surface area contributed by atoms with Crippen molar-refractivity contribution in [2.75, 3.05) is 30.4 Å². The first-order chi connectivity index (χ1) is 15.5. The number of methoxy groups -OCH3 is 1. The molecule has 0 spiro atoms. The Labute approximate surface area is 187 Å². The third kappa shape index (κ3) is 4.99. The van der Waals surface area contributed by atoms with Crippen LogP contribution in [0.2, 0.25) is 0 Å². The van der Waals surface area contributed by atoms with E-state index in [-0.39, 0.29) is 17.4 Å². The lowest BCUT2D eigenvalue weighted by Gasteiger charge is -2.33. The molecule has 4 rings (SSSR count). The summed E-state index contributed by atoms with van der Waals surface area (Å²) in [5.41, 5.74) is 3.39. The van der Waals surface area contributed by atoms with Crippen LogP contribution in [0.1, 0.15) is 24.0 Å². The van der Waals surface area contributed by atoms with Crippen molar-refractivity contribution < 1.29 is 9.53 Å². The highest BCUT2D eigenvalue weighted by Crippen LogP contribution is 2.25. The minimum atomic E-state index is -0.156. The first-order valence-corrected chi connectivity index (χ1v) is 10.8. The molecule has 1 aromatic heterocycles. The Kier molecular flexibility index (Phi) is 6.54. The maximum Gasteiger partial charge on any atom is 0.269 e. The van der Waals surface area contributed by atoms with Crippen LogP contribution in [0.5, 0.6) is 5.75 Å². The highest BCUT2D eigenvalue weighted by atomic mass is 16.5. The van der Waals surface area contributed by atoms with Gasteiger partial charge in [-0.05, 0) is 49.1 Å². The first kappa shape index (κ1) is 21.6. The van der Waals surface area contributed by atoms with Gasteiger partial charge in [-0.15, -0.1) is 0 Å². The van der Waals surface area contributed by atoms with Crippen LogP contribution in [0.3, 0.4) is 0 Å². The van der Waals surface area contributed by atoms with Crippen molar-refractivity contribution in [2.24, 2.45) is 5.92 Å². The van der Waals surface area contributed by atoms with Crippen LogP contribution < -0.4 is 20.5 Å². The van der Waals surface area contributed by atoms with Gasteiger partial charge in [-0.1, -0.05) is 30.3 Å². The maximum atomic E-state index is 12.9. The number of amides is 1. The number of carbonyl (C=O) groups excluding carboxylic acids is 1. The molecule has 1 aliphatic rings. The van der Waals surface area contributed by atoms with Crippen LogP contribution in [-0.2, 0) is 11.3 Å². The second-order valence-electron chi connectivity index (χ2n) is 8.15. The van der Waals surface area contributed by atoms with Gasteiger partial charge in [0.2, 0.25) is 5.91 Å². The Hall–Kier alpha value is -3.61. The molecular formula is C25H28N4O3. The molecule has 0 saturated carbocycles. The van der Waals surface area contributed by atoms with Crippen LogP contribution in [0.15, 0.2) is 65.6 Å². The normalized spacial score (nSPS) is 15.9. The summed E-state index contributed by atoms with van der Waals surface area (Å²) in [6.07, 6.45) is 3.42. The van der Waals surface area contributed by atoms with E-state index in [1.807, 2.05) is 55.5 Å². The number of carbonyl (C=O) groups is 1. The summed E-state index contributed by atoms with van der Waals surface area (Å²) in [6.45, 7) is 3.74. The summed E-state index contributed by atoms with van der Waals surface area (Å²) in [4.78, 5) is 27.6. The fourth-order valence-electron chi connectivity index (χ4n) is 4.04. The molecule has 1 amide bonds.